The standard InChI is InChI=1S/C22H34N4O2.HI/c1-4-23-22(25-18-10-13-26(14-11-18)12-7-15-27-3)24-16-21-17(2)19-8-5-6-9-20(19)28-21;/h5-6,8-9,18H,4,7,10-16H2,1-3H3,(H2,23,24,25);1H. The second kappa shape index (κ2) is 12.4. The highest BCUT2D eigenvalue weighted by molar-refractivity contribution is 14.0. The molecule has 3 rings (SSSR count). The molecular weight excluding hydrogens is 479 g/mol. The van der Waals surface area contributed by atoms with Crippen molar-refractivity contribution in [3.63, 3.8) is 0 Å². The maximum Gasteiger partial charge on any atom is 0.191 e. The Hall–Kier alpha value is -1.32. The van der Waals surface area contributed by atoms with Crippen LogP contribution < -0.4 is 10.6 Å². The highest BCUT2D eigenvalue weighted by atomic mass is 127. The number of aliphatic imine (C=N–C) groups is 1. The van der Waals surface area contributed by atoms with Gasteiger partial charge in [0.05, 0.1) is 0 Å². The van der Waals surface area contributed by atoms with Gasteiger partial charge in [0.25, 0.3) is 0 Å². The quantitative estimate of drug-likeness (QED) is 0.242. The Balaban J connectivity index is 0.00000300. The van der Waals surface area contributed by atoms with Crippen molar-refractivity contribution >= 4 is 40.9 Å². The summed E-state index contributed by atoms with van der Waals surface area (Å²) < 4.78 is 11.2. The van der Waals surface area contributed by atoms with Gasteiger partial charge in [-0.15, -0.1) is 24.0 Å². The van der Waals surface area contributed by atoms with Gasteiger partial charge in [0, 0.05) is 56.9 Å². The largest absolute Gasteiger partial charge is 0.459 e. The first-order chi connectivity index (χ1) is 13.7. The predicted molar refractivity (Wildman–Crippen MR) is 130 cm³/mol. The van der Waals surface area contributed by atoms with Gasteiger partial charge in [-0.2, -0.15) is 0 Å². The molecule has 1 aliphatic heterocycles. The number of para-hydroxylation sites is 1. The topological polar surface area (TPSA) is 62.0 Å². The molecule has 0 radical (unpaired) electrons. The minimum Gasteiger partial charge on any atom is -0.459 e. The lowest BCUT2D eigenvalue weighted by atomic mass is 10.1. The zero-order valence-corrected chi connectivity index (χ0v) is 20.2. The number of benzene rings is 1. The Kier molecular flexibility index (Phi) is 10.2. The zero-order valence-electron chi connectivity index (χ0n) is 17.9. The average molecular weight is 514 g/mol. The number of likely N-dealkylation sites (tertiary alicyclic amines) is 1. The summed E-state index contributed by atoms with van der Waals surface area (Å²) >= 11 is 0. The molecule has 0 aliphatic carbocycles. The molecule has 1 aromatic heterocycles. The lowest BCUT2D eigenvalue weighted by Gasteiger charge is -2.33. The maximum atomic E-state index is 6.00. The van der Waals surface area contributed by atoms with E-state index >= 15 is 0 Å². The maximum absolute atomic E-state index is 6.00. The molecule has 1 saturated heterocycles. The Morgan fingerprint density at radius 3 is 2.72 bits per heavy atom. The number of rotatable bonds is 8. The van der Waals surface area contributed by atoms with Crippen molar-refractivity contribution in [2.75, 3.05) is 39.9 Å². The van der Waals surface area contributed by atoms with Crippen LogP contribution in [0.25, 0.3) is 11.0 Å². The van der Waals surface area contributed by atoms with E-state index in [4.69, 9.17) is 14.1 Å². The van der Waals surface area contributed by atoms with Gasteiger partial charge in [-0.1, -0.05) is 18.2 Å². The van der Waals surface area contributed by atoms with E-state index in [1.165, 1.54) is 10.9 Å². The van der Waals surface area contributed by atoms with Gasteiger partial charge >= 0.3 is 0 Å². The molecule has 0 unspecified atom stereocenters. The summed E-state index contributed by atoms with van der Waals surface area (Å²) in [6.07, 6.45) is 3.39. The van der Waals surface area contributed by atoms with Crippen LogP contribution in [0, 0.1) is 6.92 Å². The SMILES string of the molecule is CCNC(=NCc1oc2ccccc2c1C)NC1CCN(CCCOC)CC1.I. The number of nitrogens with zero attached hydrogens (tertiary/aromatic N) is 2. The number of aryl methyl sites for hydroxylation is 1. The molecule has 6 nitrogen and oxygen atoms in total. The highest BCUT2D eigenvalue weighted by Crippen LogP contribution is 2.25. The molecule has 7 heteroatoms. The molecule has 2 N–H and O–H groups in total. The van der Waals surface area contributed by atoms with Crippen LogP contribution in [-0.4, -0.2) is 56.8 Å². The molecular formula is C22H35IN4O2. The number of hydrogen-bond acceptors (Lipinski definition) is 4. The fourth-order valence-electron chi connectivity index (χ4n) is 3.77. The molecule has 0 saturated carbocycles. The molecule has 2 aromatic rings. The van der Waals surface area contributed by atoms with E-state index in [-0.39, 0.29) is 24.0 Å². The Morgan fingerprint density at radius 2 is 2.03 bits per heavy atom. The first kappa shape index (κ1) is 24.0. The van der Waals surface area contributed by atoms with Gasteiger partial charge < -0.3 is 24.7 Å². The van der Waals surface area contributed by atoms with Crippen molar-refractivity contribution in [2.24, 2.45) is 4.99 Å². The van der Waals surface area contributed by atoms with Crippen molar-refractivity contribution in [3.05, 3.63) is 35.6 Å². The Morgan fingerprint density at radius 1 is 1.28 bits per heavy atom. The lowest BCUT2D eigenvalue weighted by molar-refractivity contribution is 0.155. The van der Waals surface area contributed by atoms with Crippen LogP contribution in [0.4, 0.5) is 0 Å². The number of piperidine rings is 1. The van der Waals surface area contributed by atoms with Crippen LogP contribution in [0.3, 0.4) is 0 Å². The van der Waals surface area contributed by atoms with Crippen molar-refractivity contribution in [2.45, 2.75) is 45.7 Å². The summed E-state index contributed by atoms with van der Waals surface area (Å²) in [6, 6.07) is 8.63. The van der Waals surface area contributed by atoms with Crippen LogP contribution in [0.2, 0.25) is 0 Å². The van der Waals surface area contributed by atoms with Gasteiger partial charge in [-0.05, 0) is 39.2 Å². The number of guanidine groups is 1. The van der Waals surface area contributed by atoms with Crippen molar-refractivity contribution in [1.82, 2.24) is 15.5 Å². The molecule has 0 bridgehead atoms. The summed E-state index contributed by atoms with van der Waals surface area (Å²) in [4.78, 5) is 7.31. The lowest BCUT2D eigenvalue weighted by Crippen LogP contribution is -2.48. The first-order valence-corrected chi connectivity index (χ1v) is 10.4. The fraction of sp³-hybridized carbons (Fsp3) is 0.591. The molecule has 29 heavy (non-hydrogen) atoms. The van der Waals surface area contributed by atoms with E-state index in [0.29, 0.717) is 12.6 Å². The predicted octanol–water partition coefficient (Wildman–Crippen LogP) is 3.92. The number of ether oxygens (including phenoxy) is 1. The number of methoxy groups -OCH3 is 1. The number of nitrogens with one attached hydrogen (secondary N) is 2. The van der Waals surface area contributed by atoms with E-state index in [1.54, 1.807) is 7.11 Å². The van der Waals surface area contributed by atoms with Gasteiger partial charge in [-0.25, -0.2) is 4.99 Å². The van der Waals surface area contributed by atoms with E-state index in [9.17, 15) is 0 Å². The minimum atomic E-state index is 0. The Bertz CT molecular complexity index is 769. The van der Waals surface area contributed by atoms with E-state index in [2.05, 4.69) is 35.4 Å². The van der Waals surface area contributed by atoms with Gasteiger partial charge in [-0.3, -0.25) is 0 Å². The molecule has 0 spiro atoms. The second-order valence-electron chi connectivity index (χ2n) is 7.45. The fourth-order valence-corrected chi connectivity index (χ4v) is 3.77. The second-order valence-corrected chi connectivity index (χ2v) is 7.45. The zero-order chi connectivity index (χ0) is 19.8. The molecule has 162 valence electrons. The van der Waals surface area contributed by atoms with Crippen LogP contribution in [0.15, 0.2) is 33.7 Å². The first-order valence-electron chi connectivity index (χ1n) is 10.4. The monoisotopic (exact) mass is 514 g/mol. The van der Waals surface area contributed by atoms with E-state index in [0.717, 1.165) is 69.4 Å². The third kappa shape index (κ3) is 6.86. The summed E-state index contributed by atoms with van der Waals surface area (Å²) in [6.45, 7) is 9.83. The molecule has 0 atom stereocenters. The van der Waals surface area contributed by atoms with Crippen molar-refractivity contribution in [3.8, 4) is 0 Å². The molecule has 1 fully saturated rings. The van der Waals surface area contributed by atoms with E-state index < -0.39 is 0 Å². The average Bonchev–Trinajstić information content (AvgIpc) is 3.04. The number of halogens is 1. The summed E-state index contributed by atoms with van der Waals surface area (Å²) in [5.74, 6) is 1.81. The van der Waals surface area contributed by atoms with Crippen molar-refractivity contribution in [1.29, 1.82) is 0 Å². The Labute approximate surface area is 191 Å². The van der Waals surface area contributed by atoms with Crippen LogP contribution >= 0.6 is 24.0 Å². The van der Waals surface area contributed by atoms with E-state index in [1.807, 2.05) is 18.2 Å². The summed E-state index contributed by atoms with van der Waals surface area (Å²) in [5.41, 5.74) is 2.11. The van der Waals surface area contributed by atoms with Crippen LogP contribution in [-0.2, 0) is 11.3 Å². The third-order valence-electron chi connectivity index (χ3n) is 5.42. The van der Waals surface area contributed by atoms with Gasteiger partial charge in [0.1, 0.15) is 17.9 Å². The van der Waals surface area contributed by atoms with Crippen LogP contribution in [0.1, 0.15) is 37.5 Å². The normalized spacial score (nSPS) is 16.0. The number of fused-ring (bicyclic) bond motifs is 1. The van der Waals surface area contributed by atoms with Crippen molar-refractivity contribution < 1.29 is 9.15 Å². The molecule has 0 amide bonds. The smallest absolute Gasteiger partial charge is 0.191 e. The molecule has 2 heterocycles. The van der Waals surface area contributed by atoms with Crippen LogP contribution in [0.5, 0.6) is 0 Å². The third-order valence-corrected chi connectivity index (χ3v) is 5.42. The summed E-state index contributed by atoms with van der Waals surface area (Å²) in [5, 5.41) is 8.16. The van der Waals surface area contributed by atoms with Gasteiger partial charge in [0.15, 0.2) is 5.96 Å². The minimum absolute atomic E-state index is 0. The number of hydrogen-bond donors (Lipinski definition) is 2. The molecule has 1 aliphatic rings. The summed E-state index contributed by atoms with van der Waals surface area (Å²) in [7, 11) is 1.77. The number of furan rings is 1. The van der Waals surface area contributed by atoms with Gasteiger partial charge in [0.2, 0.25) is 0 Å². The highest BCUT2D eigenvalue weighted by Gasteiger charge is 2.19. The molecule has 1 aromatic carbocycles.